The van der Waals surface area contributed by atoms with Crippen LogP contribution in [0.25, 0.3) is 17.3 Å². The molecule has 0 aliphatic heterocycles. The van der Waals surface area contributed by atoms with E-state index < -0.39 is 5.97 Å². The van der Waals surface area contributed by atoms with Crippen LogP contribution in [0, 0.1) is 5.41 Å². The Morgan fingerprint density at radius 1 is 1.05 bits per heavy atom. The van der Waals surface area contributed by atoms with Gasteiger partial charge >= 0.3 is 5.97 Å². The van der Waals surface area contributed by atoms with Crippen LogP contribution in [0.3, 0.4) is 0 Å². The third-order valence-electron chi connectivity index (χ3n) is 8.40. The van der Waals surface area contributed by atoms with E-state index in [0.717, 1.165) is 68.3 Å². The topological polar surface area (TPSA) is 85.5 Å². The van der Waals surface area contributed by atoms with Crippen LogP contribution in [0.1, 0.15) is 84.5 Å². The number of ether oxygens (including phenoxy) is 1. The summed E-state index contributed by atoms with van der Waals surface area (Å²) < 4.78 is 12.5. The molecule has 2 heterocycles. The predicted octanol–water partition coefficient (Wildman–Crippen LogP) is 7.94. The Bertz CT molecular complexity index is 1320. The molecular formula is C29H28Cl2N2O4. The predicted molar refractivity (Wildman–Crippen MR) is 142 cm³/mol. The van der Waals surface area contributed by atoms with Crippen molar-refractivity contribution < 1.29 is 19.2 Å². The zero-order chi connectivity index (χ0) is 25.6. The molecule has 0 spiro atoms. The summed E-state index contributed by atoms with van der Waals surface area (Å²) in [5, 5.41) is 14.4. The average Bonchev–Trinajstić information content (AvgIpc) is 3.68. The van der Waals surface area contributed by atoms with Crippen molar-refractivity contribution in [1.29, 1.82) is 0 Å². The molecule has 0 radical (unpaired) electrons. The maximum atomic E-state index is 11.1. The summed E-state index contributed by atoms with van der Waals surface area (Å²) in [5.74, 6) is 0.379. The third kappa shape index (κ3) is 4.83. The molecule has 7 rings (SSSR count). The number of carboxylic acid groups (broad SMARTS) is 1. The number of hydrogen-bond acceptors (Lipinski definition) is 5. The van der Waals surface area contributed by atoms with Crippen LogP contribution in [0.15, 0.2) is 47.3 Å². The molecule has 2 aromatic heterocycles. The maximum absolute atomic E-state index is 11.1. The number of carboxylic acids is 1. The van der Waals surface area contributed by atoms with Gasteiger partial charge in [-0.15, -0.1) is 0 Å². The van der Waals surface area contributed by atoms with Gasteiger partial charge < -0.3 is 14.4 Å². The van der Waals surface area contributed by atoms with Crippen molar-refractivity contribution in [3.8, 4) is 11.3 Å². The molecule has 1 aromatic carbocycles. The Morgan fingerprint density at radius 2 is 1.70 bits per heavy atom. The fraction of sp³-hybridized carbons (Fsp3) is 0.414. The molecule has 4 aliphatic rings. The normalized spacial score (nSPS) is 25.1. The second-order valence-electron chi connectivity index (χ2n) is 10.7. The lowest BCUT2D eigenvalue weighted by molar-refractivity contribution is -0.133. The lowest BCUT2D eigenvalue weighted by Crippen LogP contribution is -2.46. The number of benzene rings is 1. The number of carbonyl (C=O) groups is 1. The molecular weight excluding hydrogens is 511 g/mol. The summed E-state index contributed by atoms with van der Waals surface area (Å²) in [5.41, 5.74) is 3.64. The van der Waals surface area contributed by atoms with Crippen molar-refractivity contribution >= 4 is 35.2 Å². The minimum Gasteiger partial charge on any atom is -0.478 e. The highest BCUT2D eigenvalue weighted by Crippen LogP contribution is 2.55. The summed E-state index contributed by atoms with van der Waals surface area (Å²) in [6.45, 7) is 0.429. The van der Waals surface area contributed by atoms with Gasteiger partial charge in [-0.3, -0.25) is 4.98 Å². The van der Waals surface area contributed by atoms with Gasteiger partial charge in [0.2, 0.25) is 0 Å². The Hall–Kier alpha value is -2.67. The van der Waals surface area contributed by atoms with Gasteiger partial charge in [-0.25, -0.2) is 4.79 Å². The Labute approximate surface area is 225 Å². The van der Waals surface area contributed by atoms with Crippen LogP contribution in [0.5, 0.6) is 0 Å². The minimum atomic E-state index is -0.903. The molecule has 0 atom stereocenters. The quantitative estimate of drug-likeness (QED) is 0.313. The monoisotopic (exact) mass is 538 g/mol. The van der Waals surface area contributed by atoms with Gasteiger partial charge in [-0.05, 0) is 74.5 Å². The number of halogens is 2. The van der Waals surface area contributed by atoms with Crippen molar-refractivity contribution in [2.24, 2.45) is 5.41 Å². The van der Waals surface area contributed by atoms with Gasteiger partial charge in [0, 0.05) is 29.4 Å². The Kier molecular flexibility index (Phi) is 6.38. The van der Waals surface area contributed by atoms with E-state index in [1.165, 1.54) is 0 Å². The van der Waals surface area contributed by atoms with Crippen LogP contribution in [-0.2, 0) is 11.3 Å². The SMILES string of the molecule is O=C(O)c1ccc(C=CC23CCC(OCc4c(-c5c(Cl)cncc5Cl)noc4C4CC4)(CC2)CC3)cc1. The number of fused-ring (bicyclic) bond motifs is 3. The van der Waals surface area contributed by atoms with E-state index in [1.807, 2.05) is 12.1 Å². The zero-order valence-corrected chi connectivity index (χ0v) is 21.9. The largest absolute Gasteiger partial charge is 0.478 e. The van der Waals surface area contributed by atoms with Crippen molar-refractivity contribution in [3.63, 3.8) is 0 Å². The highest BCUT2D eigenvalue weighted by atomic mass is 35.5. The molecule has 0 saturated heterocycles. The standard InChI is InChI=1S/C29H28Cl2N2O4/c30-22-15-32-16-23(31)24(22)25-21(26(37-33-25)19-5-6-19)17-36-29-12-9-28(10-13-29,11-14-29)8-7-18-1-3-20(4-2-18)27(34)35/h1-4,7-8,15-16,19H,5-6,9-14,17H2,(H,34,35). The average molecular weight is 539 g/mol. The molecule has 4 saturated carbocycles. The first-order chi connectivity index (χ1) is 17.9. The Balaban J connectivity index is 1.16. The number of aromatic nitrogens is 2. The first kappa shape index (κ1) is 24.7. The molecule has 37 heavy (non-hydrogen) atoms. The minimum absolute atomic E-state index is 0.139. The molecule has 2 bridgehead atoms. The lowest BCUT2D eigenvalue weighted by atomic mass is 9.58. The molecule has 0 amide bonds. The van der Waals surface area contributed by atoms with E-state index in [4.69, 9.17) is 37.6 Å². The highest BCUT2D eigenvalue weighted by Gasteiger charge is 2.48. The van der Waals surface area contributed by atoms with Crippen molar-refractivity contribution in [2.45, 2.75) is 69.5 Å². The van der Waals surface area contributed by atoms with E-state index in [2.05, 4.69) is 22.3 Å². The zero-order valence-electron chi connectivity index (χ0n) is 20.4. The van der Waals surface area contributed by atoms with Gasteiger partial charge in [0.25, 0.3) is 0 Å². The van der Waals surface area contributed by atoms with Gasteiger partial charge in [-0.1, -0.05) is 52.6 Å². The Morgan fingerprint density at radius 3 is 2.30 bits per heavy atom. The summed E-state index contributed by atoms with van der Waals surface area (Å²) >= 11 is 12.9. The third-order valence-corrected chi connectivity index (χ3v) is 8.98. The summed E-state index contributed by atoms with van der Waals surface area (Å²) in [6.07, 6.45) is 16.1. The van der Waals surface area contributed by atoms with Gasteiger partial charge in [0.05, 0.1) is 27.8 Å². The van der Waals surface area contributed by atoms with E-state index in [1.54, 1.807) is 24.5 Å². The van der Waals surface area contributed by atoms with Crippen LogP contribution in [0.4, 0.5) is 0 Å². The number of nitrogens with zero attached hydrogens (tertiary/aromatic N) is 2. The second-order valence-corrected chi connectivity index (χ2v) is 11.5. The van der Waals surface area contributed by atoms with E-state index in [-0.39, 0.29) is 11.0 Å². The van der Waals surface area contributed by atoms with Gasteiger partial charge in [0.1, 0.15) is 11.5 Å². The number of allylic oxidation sites excluding steroid dienone is 1. The second kappa shape index (κ2) is 9.57. The van der Waals surface area contributed by atoms with Crippen LogP contribution < -0.4 is 0 Å². The molecule has 3 aromatic rings. The van der Waals surface area contributed by atoms with Crippen molar-refractivity contribution in [1.82, 2.24) is 10.1 Å². The number of rotatable bonds is 8. The number of pyridine rings is 1. The van der Waals surface area contributed by atoms with E-state index >= 15 is 0 Å². The van der Waals surface area contributed by atoms with Gasteiger partial charge in [0.15, 0.2) is 0 Å². The lowest BCUT2D eigenvalue weighted by Gasteiger charge is -2.52. The van der Waals surface area contributed by atoms with E-state index in [9.17, 15) is 4.79 Å². The maximum Gasteiger partial charge on any atom is 0.335 e. The van der Waals surface area contributed by atoms with Crippen LogP contribution >= 0.6 is 23.2 Å². The molecule has 1 N–H and O–H groups in total. The smallest absolute Gasteiger partial charge is 0.335 e. The first-order valence-corrected chi connectivity index (χ1v) is 13.6. The molecule has 6 nitrogen and oxygen atoms in total. The summed E-state index contributed by atoms with van der Waals surface area (Å²) in [4.78, 5) is 15.2. The summed E-state index contributed by atoms with van der Waals surface area (Å²) in [6, 6.07) is 7.04. The molecule has 4 fully saturated rings. The van der Waals surface area contributed by atoms with Crippen LogP contribution in [0.2, 0.25) is 10.0 Å². The van der Waals surface area contributed by atoms with Gasteiger partial charge in [-0.2, -0.15) is 0 Å². The van der Waals surface area contributed by atoms with Crippen LogP contribution in [-0.4, -0.2) is 26.8 Å². The molecule has 8 heteroatoms. The van der Waals surface area contributed by atoms with Crippen molar-refractivity contribution in [2.75, 3.05) is 0 Å². The first-order valence-electron chi connectivity index (χ1n) is 12.8. The fourth-order valence-corrected chi connectivity index (χ4v) is 6.39. The molecule has 4 aliphatic carbocycles. The molecule has 0 unspecified atom stereocenters. The fourth-order valence-electron chi connectivity index (χ4n) is 5.84. The highest BCUT2D eigenvalue weighted by molar-refractivity contribution is 6.38. The molecule has 192 valence electrons. The number of hydrogen-bond donors (Lipinski definition) is 1. The van der Waals surface area contributed by atoms with Crippen molar-refractivity contribution in [3.05, 3.63) is 75.2 Å². The number of aromatic carboxylic acids is 1. The summed E-state index contributed by atoms with van der Waals surface area (Å²) in [7, 11) is 0. The van der Waals surface area contributed by atoms with E-state index in [0.29, 0.717) is 39.4 Å².